The van der Waals surface area contributed by atoms with Crippen molar-refractivity contribution in [2.75, 3.05) is 5.73 Å². The number of aromatic nitrogens is 3. The first-order chi connectivity index (χ1) is 4.20. The van der Waals surface area contributed by atoms with Gasteiger partial charge >= 0.3 is 0 Å². The van der Waals surface area contributed by atoms with Crippen LogP contribution in [0.25, 0.3) is 0 Å². The van der Waals surface area contributed by atoms with E-state index in [1.165, 1.54) is 0 Å². The predicted molar refractivity (Wildman–Crippen MR) is 33.4 cm³/mol. The Morgan fingerprint density at radius 1 is 1.67 bits per heavy atom. The summed E-state index contributed by atoms with van der Waals surface area (Å²) in [5.41, 5.74) is 10.6. The summed E-state index contributed by atoms with van der Waals surface area (Å²) < 4.78 is 0. The first-order valence-corrected chi connectivity index (χ1v) is 2.63. The number of hydrogen-bond donors (Lipinski definition) is 3. The highest BCUT2D eigenvalue weighted by Gasteiger charge is 2.02. The van der Waals surface area contributed by atoms with E-state index < -0.39 is 0 Å². The normalized spacial score (nSPS) is 13.6. The van der Waals surface area contributed by atoms with Gasteiger partial charge in [-0.15, -0.1) is 5.10 Å². The van der Waals surface area contributed by atoms with Crippen molar-refractivity contribution in [2.45, 2.75) is 13.0 Å². The highest BCUT2D eigenvalue weighted by atomic mass is 15.3. The van der Waals surface area contributed by atoms with Crippen LogP contribution >= 0.6 is 0 Å². The van der Waals surface area contributed by atoms with Crippen molar-refractivity contribution in [2.24, 2.45) is 5.73 Å². The lowest BCUT2D eigenvalue weighted by Crippen LogP contribution is -2.06. The summed E-state index contributed by atoms with van der Waals surface area (Å²) in [6.07, 6.45) is 0. The Kier molecular flexibility index (Phi) is 1.35. The zero-order valence-corrected chi connectivity index (χ0v) is 5.13. The third-order valence-electron chi connectivity index (χ3n) is 0.951. The third-order valence-corrected chi connectivity index (χ3v) is 0.951. The van der Waals surface area contributed by atoms with E-state index in [0.717, 1.165) is 0 Å². The summed E-state index contributed by atoms with van der Waals surface area (Å²) in [6, 6.07) is -0.130. The van der Waals surface area contributed by atoms with Crippen molar-refractivity contribution in [3.05, 3.63) is 5.82 Å². The monoisotopic (exact) mass is 127 g/mol. The number of hydrogen-bond acceptors (Lipinski definition) is 4. The molecular weight excluding hydrogens is 118 g/mol. The topological polar surface area (TPSA) is 93.6 Å². The molecule has 0 amide bonds. The van der Waals surface area contributed by atoms with E-state index in [4.69, 9.17) is 11.5 Å². The van der Waals surface area contributed by atoms with Gasteiger partial charge in [-0.05, 0) is 6.92 Å². The SMILES string of the molecule is C[C@H](N)c1nc(N)n[nH]1. The Balaban J connectivity index is 2.85. The fourth-order valence-electron chi connectivity index (χ4n) is 0.492. The molecule has 1 aromatic rings. The molecular formula is C4H9N5. The standard InChI is InChI=1S/C4H9N5/c1-2(5)3-7-4(6)9-8-3/h2H,5H2,1H3,(H3,6,7,8,9)/t2-/m0/s1. The number of H-pyrrole nitrogens is 1. The van der Waals surface area contributed by atoms with Crippen LogP contribution in [-0.2, 0) is 0 Å². The number of nitrogen functional groups attached to an aromatic ring is 1. The number of nitrogens with one attached hydrogen (secondary N) is 1. The molecule has 5 heteroatoms. The molecule has 1 atom stereocenters. The summed E-state index contributed by atoms with van der Waals surface area (Å²) in [6.45, 7) is 1.81. The van der Waals surface area contributed by atoms with Crippen LogP contribution in [0.15, 0.2) is 0 Å². The molecule has 1 heterocycles. The minimum atomic E-state index is -0.130. The Hall–Kier alpha value is -1.10. The molecule has 0 aliphatic carbocycles. The Morgan fingerprint density at radius 2 is 2.33 bits per heavy atom. The van der Waals surface area contributed by atoms with Crippen LogP contribution in [0.4, 0.5) is 5.95 Å². The van der Waals surface area contributed by atoms with E-state index in [1.54, 1.807) is 6.92 Å². The molecule has 0 spiro atoms. The van der Waals surface area contributed by atoms with Crippen molar-refractivity contribution in [3.8, 4) is 0 Å². The summed E-state index contributed by atoms with van der Waals surface area (Å²) in [5.74, 6) is 0.856. The molecule has 0 bridgehead atoms. The minimum Gasteiger partial charge on any atom is -0.367 e. The van der Waals surface area contributed by atoms with Crippen LogP contribution in [0.2, 0.25) is 0 Å². The van der Waals surface area contributed by atoms with Gasteiger partial charge in [0.15, 0.2) is 0 Å². The predicted octanol–water partition coefficient (Wildman–Crippen LogP) is -0.593. The van der Waals surface area contributed by atoms with E-state index in [0.29, 0.717) is 5.82 Å². The molecule has 0 aliphatic heterocycles. The maximum absolute atomic E-state index is 5.44. The van der Waals surface area contributed by atoms with Crippen molar-refractivity contribution in [3.63, 3.8) is 0 Å². The summed E-state index contributed by atoms with van der Waals surface area (Å²) >= 11 is 0. The fourth-order valence-corrected chi connectivity index (χ4v) is 0.492. The maximum atomic E-state index is 5.44. The second-order valence-electron chi connectivity index (χ2n) is 1.87. The van der Waals surface area contributed by atoms with E-state index in [9.17, 15) is 0 Å². The van der Waals surface area contributed by atoms with Gasteiger partial charge in [0.05, 0.1) is 6.04 Å². The first-order valence-electron chi connectivity index (χ1n) is 2.63. The zero-order chi connectivity index (χ0) is 6.85. The number of aromatic amines is 1. The van der Waals surface area contributed by atoms with Crippen molar-refractivity contribution >= 4 is 5.95 Å². The lowest BCUT2D eigenvalue weighted by atomic mass is 10.3. The van der Waals surface area contributed by atoms with Gasteiger partial charge in [-0.3, -0.25) is 5.10 Å². The molecule has 0 radical (unpaired) electrons. The lowest BCUT2D eigenvalue weighted by Gasteiger charge is -1.94. The first kappa shape index (κ1) is 6.03. The summed E-state index contributed by atoms with van der Waals surface area (Å²) in [5, 5.41) is 6.19. The second kappa shape index (κ2) is 2.02. The average molecular weight is 127 g/mol. The highest BCUT2D eigenvalue weighted by molar-refractivity contribution is 5.13. The summed E-state index contributed by atoms with van der Waals surface area (Å²) in [4.78, 5) is 3.80. The van der Waals surface area contributed by atoms with E-state index >= 15 is 0 Å². The molecule has 1 rings (SSSR count). The largest absolute Gasteiger partial charge is 0.367 e. The van der Waals surface area contributed by atoms with Crippen LogP contribution in [0, 0.1) is 0 Å². The molecule has 5 nitrogen and oxygen atoms in total. The molecule has 0 fully saturated rings. The number of anilines is 1. The van der Waals surface area contributed by atoms with Crippen LogP contribution in [0.1, 0.15) is 18.8 Å². The van der Waals surface area contributed by atoms with Gasteiger partial charge in [0.25, 0.3) is 0 Å². The Bertz CT molecular complexity index is 191. The molecule has 1 aromatic heterocycles. The van der Waals surface area contributed by atoms with Gasteiger partial charge in [-0.1, -0.05) is 0 Å². The average Bonchev–Trinajstić information content (AvgIpc) is 2.14. The molecule has 5 N–H and O–H groups in total. The van der Waals surface area contributed by atoms with Crippen molar-refractivity contribution < 1.29 is 0 Å². The highest BCUT2D eigenvalue weighted by Crippen LogP contribution is 2.01. The number of nitrogens with zero attached hydrogens (tertiary/aromatic N) is 2. The fraction of sp³-hybridized carbons (Fsp3) is 0.500. The third kappa shape index (κ3) is 1.17. The van der Waals surface area contributed by atoms with Gasteiger partial charge in [0, 0.05) is 0 Å². The molecule has 0 unspecified atom stereocenters. The maximum Gasteiger partial charge on any atom is 0.239 e. The van der Waals surface area contributed by atoms with Gasteiger partial charge in [0.2, 0.25) is 5.95 Å². The molecule has 0 aromatic carbocycles. The van der Waals surface area contributed by atoms with Crippen molar-refractivity contribution in [1.82, 2.24) is 15.2 Å². The quantitative estimate of drug-likeness (QED) is 0.470. The Labute approximate surface area is 52.5 Å². The van der Waals surface area contributed by atoms with Gasteiger partial charge in [-0.25, -0.2) is 0 Å². The number of nitrogens with two attached hydrogens (primary N) is 2. The zero-order valence-electron chi connectivity index (χ0n) is 5.13. The molecule has 0 aliphatic rings. The van der Waals surface area contributed by atoms with Crippen LogP contribution in [0.3, 0.4) is 0 Å². The minimum absolute atomic E-state index is 0.130. The smallest absolute Gasteiger partial charge is 0.239 e. The van der Waals surface area contributed by atoms with E-state index in [1.807, 2.05) is 0 Å². The van der Waals surface area contributed by atoms with Crippen LogP contribution < -0.4 is 11.5 Å². The van der Waals surface area contributed by atoms with Gasteiger partial charge < -0.3 is 11.5 Å². The molecule has 50 valence electrons. The van der Waals surface area contributed by atoms with E-state index in [2.05, 4.69) is 15.2 Å². The van der Waals surface area contributed by atoms with Crippen LogP contribution in [-0.4, -0.2) is 15.2 Å². The molecule has 9 heavy (non-hydrogen) atoms. The van der Waals surface area contributed by atoms with Crippen LogP contribution in [0.5, 0.6) is 0 Å². The molecule has 0 saturated carbocycles. The van der Waals surface area contributed by atoms with Crippen molar-refractivity contribution in [1.29, 1.82) is 0 Å². The Morgan fingerprint density at radius 3 is 2.56 bits per heavy atom. The number of rotatable bonds is 1. The van der Waals surface area contributed by atoms with Gasteiger partial charge in [0.1, 0.15) is 5.82 Å². The molecule has 0 saturated heterocycles. The van der Waals surface area contributed by atoms with Gasteiger partial charge in [-0.2, -0.15) is 4.98 Å². The van der Waals surface area contributed by atoms with E-state index in [-0.39, 0.29) is 12.0 Å². The summed E-state index contributed by atoms with van der Waals surface area (Å²) in [7, 11) is 0. The lowest BCUT2D eigenvalue weighted by molar-refractivity contribution is 0.745. The second-order valence-corrected chi connectivity index (χ2v) is 1.87.